The minimum absolute atomic E-state index is 0.0753. The maximum absolute atomic E-state index is 14.5. The van der Waals surface area contributed by atoms with Gasteiger partial charge < -0.3 is 74.0 Å². The number of phenolic OH excluding ortho intramolecular Hbond substituents is 1. The lowest BCUT2D eigenvalue weighted by molar-refractivity contribution is -0.140. The molecule has 1 aliphatic heterocycles. The molecule has 0 bridgehead atoms. The zero-order valence-corrected chi connectivity index (χ0v) is 56.9. The summed E-state index contributed by atoms with van der Waals surface area (Å²) in [7, 11) is 0. The van der Waals surface area contributed by atoms with Crippen LogP contribution in [0.3, 0.4) is 0 Å². The predicted molar refractivity (Wildman–Crippen MR) is 373 cm³/mol. The van der Waals surface area contributed by atoms with Crippen LogP contribution in [0.2, 0.25) is 0 Å². The molecule has 1 aliphatic rings. The largest absolute Gasteiger partial charge is 0.508 e. The summed E-state index contributed by atoms with van der Waals surface area (Å²) >= 11 is 2.25. The maximum Gasteiger partial charge on any atom is 0.344 e. The summed E-state index contributed by atoms with van der Waals surface area (Å²) in [6.45, 7) is 6.47. The third-order valence-corrected chi connectivity index (χ3v) is 16.6. The SMILES string of the molecule is CCC(=O)NCCNC(=O)/N=C(/N)NCCC[C@@H](NC(=O)[C@H](c1ccccc1)c1ccc(NCCCNC(=O)[C@@H](CCCNCN2CCN(CC(=O)O)CCN(CC(=O)O)CCN(CC(=O)O)CC2)CNC(=O)CCCc2ccc(I)cc2)cc1)C(=O)NCc1ccc(O)cc1. The van der Waals surface area contributed by atoms with Gasteiger partial charge in [0.25, 0.3) is 0 Å². The zero-order valence-electron chi connectivity index (χ0n) is 54.7. The number of carbonyl (C=O) groups excluding carboxylic acids is 6. The highest BCUT2D eigenvalue weighted by molar-refractivity contribution is 14.1. The number of rotatable bonds is 39. The number of nitrogens with one attached hydrogen (secondary N) is 9. The molecule has 7 amide bonds. The first-order valence-electron chi connectivity index (χ1n) is 32.6. The van der Waals surface area contributed by atoms with Crippen LogP contribution in [0.1, 0.15) is 86.5 Å². The second-order valence-electron chi connectivity index (χ2n) is 23.4. The van der Waals surface area contributed by atoms with Crippen LogP contribution in [0.5, 0.6) is 5.75 Å². The van der Waals surface area contributed by atoms with Crippen molar-refractivity contribution in [2.75, 3.05) is 130 Å². The smallest absolute Gasteiger partial charge is 0.344 e. The highest BCUT2D eigenvalue weighted by Crippen LogP contribution is 2.27. The van der Waals surface area contributed by atoms with Crippen molar-refractivity contribution in [2.24, 2.45) is 16.6 Å². The van der Waals surface area contributed by atoms with E-state index in [2.05, 4.69) is 80.3 Å². The van der Waals surface area contributed by atoms with Gasteiger partial charge >= 0.3 is 23.9 Å². The van der Waals surface area contributed by atoms with E-state index < -0.39 is 53.6 Å². The first kappa shape index (κ1) is 78.2. The number of anilines is 1. The molecule has 0 unspecified atom stereocenters. The minimum atomic E-state index is -1.03. The Morgan fingerprint density at radius 2 is 1.10 bits per heavy atom. The maximum atomic E-state index is 14.5. The molecule has 0 aromatic heterocycles. The molecule has 1 heterocycles. The van der Waals surface area contributed by atoms with Crippen molar-refractivity contribution in [1.29, 1.82) is 0 Å². The van der Waals surface area contributed by atoms with E-state index in [4.69, 9.17) is 5.73 Å². The normalized spacial score (nSPS) is 14.7. The topological polar surface area (TPSA) is 394 Å². The lowest BCUT2D eigenvalue weighted by atomic mass is 9.90. The van der Waals surface area contributed by atoms with Crippen LogP contribution in [-0.2, 0) is 51.3 Å². The number of hydrogen-bond acceptors (Lipinski definition) is 16. The first-order valence-corrected chi connectivity index (χ1v) is 33.7. The van der Waals surface area contributed by atoms with Crippen molar-refractivity contribution in [3.8, 4) is 5.75 Å². The fourth-order valence-electron chi connectivity index (χ4n) is 10.5. The Hall–Kier alpha value is -8.49. The number of nitrogens with zero attached hydrogens (tertiary/aromatic N) is 5. The number of amides is 7. The van der Waals surface area contributed by atoms with Crippen LogP contribution in [-0.4, -0.2) is 230 Å². The number of hydrogen-bond donors (Lipinski definition) is 14. The fourth-order valence-corrected chi connectivity index (χ4v) is 10.9. The molecule has 0 aliphatic carbocycles. The summed E-state index contributed by atoms with van der Waals surface area (Å²) in [6, 6.07) is 29.4. The number of aromatic hydroxyl groups is 1. The van der Waals surface area contributed by atoms with Crippen molar-refractivity contribution in [2.45, 2.75) is 83.2 Å². The van der Waals surface area contributed by atoms with Gasteiger partial charge in [-0.05, 0) is 133 Å². The summed E-state index contributed by atoms with van der Waals surface area (Å²) in [6.07, 6.45) is 4.07. The van der Waals surface area contributed by atoms with Crippen molar-refractivity contribution in [1.82, 2.24) is 62.1 Å². The number of carbonyl (C=O) groups is 9. The third-order valence-electron chi connectivity index (χ3n) is 15.8. The van der Waals surface area contributed by atoms with Crippen molar-refractivity contribution in [3.63, 3.8) is 0 Å². The van der Waals surface area contributed by atoms with E-state index in [0.29, 0.717) is 135 Å². The second-order valence-corrected chi connectivity index (χ2v) is 24.6. The van der Waals surface area contributed by atoms with Crippen LogP contribution < -0.4 is 53.6 Å². The molecule has 1 fully saturated rings. The molecule has 29 heteroatoms. The number of aliphatic carboxylic acids is 3. The average Bonchev–Trinajstić information content (AvgIpc) is 0.838. The van der Waals surface area contributed by atoms with E-state index in [0.717, 1.165) is 26.8 Å². The Labute approximate surface area is 574 Å². The minimum Gasteiger partial charge on any atom is -0.508 e. The van der Waals surface area contributed by atoms with Gasteiger partial charge in [-0.25, -0.2) is 4.79 Å². The molecule has 96 heavy (non-hydrogen) atoms. The van der Waals surface area contributed by atoms with E-state index in [1.54, 1.807) is 33.8 Å². The third kappa shape index (κ3) is 32.3. The molecule has 4 aromatic carbocycles. The number of carboxylic acids is 3. The molecule has 3 atom stereocenters. The number of guanidine groups is 1. The summed E-state index contributed by atoms with van der Waals surface area (Å²) in [5.74, 6) is -5.86. The molecule has 524 valence electrons. The fraction of sp³-hybridized carbons (Fsp3) is 0.493. The van der Waals surface area contributed by atoms with Crippen LogP contribution in [0, 0.1) is 9.49 Å². The molecule has 5 rings (SSSR count). The van der Waals surface area contributed by atoms with E-state index in [1.165, 1.54) is 12.1 Å². The molecule has 0 radical (unpaired) electrons. The van der Waals surface area contributed by atoms with Crippen molar-refractivity contribution >= 4 is 87.7 Å². The number of urea groups is 1. The standard InChI is InChI=1S/C67H96IN15O13/c1-2-57(85)72-32-33-75-67(96)79-66(69)74-29-8-14-56(64(94)77-42-49-18-26-55(84)27-19-49)78-65(95)62(50-11-4-3-5-12-50)51-20-24-54(25-21-51)71-30-9-31-73-63(93)52(43-76-58(86)15-6-10-48-16-22-53(68)23-17-48)13-7-28-70-47-83-40-38-81(45-60(89)90)36-34-80(44-59(87)88)35-37-82(39-41-83)46-61(91)92/h3-5,11-12,16-27,52,56,62,70-71,84H,2,6-10,13-15,28-47H2,1H3,(H,72,85)(H,73,93)(H,76,86)(H,77,94)(H,78,95)(H,87,88)(H,89,90)(H,91,92)(H4,69,74,75,79,96)/t52-,56+,62+/m0/s1. The van der Waals surface area contributed by atoms with Gasteiger partial charge in [0, 0.05) is 127 Å². The molecule has 1 saturated heterocycles. The molecule has 0 saturated carbocycles. The summed E-state index contributed by atoms with van der Waals surface area (Å²) in [5.41, 5.74) is 9.94. The van der Waals surface area contributed by atoms with Crippen LogP contribution in [0.15, 0.2) is 108 Å². The number of aliphatic imine (C=N–C) groups is 1. The van der Waals surface area contributed by atoms with Gasteiger partial charge in [-0.15, -0.1) is 0 Å². The Morgan fingerprint density at radius 3 is 1.71 bits per heavy atom. The molecule has 15 N–H and O–H groups in total. The lowest BCUT2D eigenvalue weighted by Crippen LogP contribution is -2.49. The van der Waals surface area contributed by atoms with Gasteiger partial charge in [0.2, 0.25) is 29.5 Å². The quantitative estimate of drug-likeness (QED) is 0.0132. The van der Waals surface area contributed by atoms with Gasteiger partial charge in [-0.2, -0.15) is 4.99 Å². The molecule has 4 aromatic rings. The Balaban J connectivity index is 1.17. The predicted octanol–water partition coefficient (Wildman–Crippen LogP) is 2.33. The Bertz CT molecular complexity index is 3060. The van der Waals surface area contributed by atoms with E-state index in [9.17, 15) is 63.6 Å². The van der Waals surface area contributed by atoms with E-state index >= 15 is 0 Å². The van der Waals surface area contributed by atoms with Crippen LogP contribution in [0.25, 0.3) is 0 Å². The molecular formula is C67H96IN15O13. The molecular weight excluding hydrogens is 1350 g/mol. The monoisotopic (exact) mass is 1450 g/mol. The van der Waals surface area contributed by atoms with Gasteiger partial charge in [-0.1, -0.05) is 73.7 Å². The number of benzene rings is 4. The molecule has 28 nitrogen and oxygen atoms in total. The van der Waals surface area contributed by atoms with Gasteiger partial charge in [-0.3, -0.25) is 58.0 Å². The zero-order chi connectivity index (χ0) is 69.5. The summed E-state index contributed by atoms with van der Waals surface area (Å²) in [4.78, 5) is 126. The molecule has 0 spiro atoms. The first-order chi connectivity index (χ1) is 46.2. The van der Waals surface area contributed by atoms with Gasteiger partial charge in [0.1, 0.15) is 11.8 Å². The highest BCUT2D eigenvalue weighted by Gasteiger charge is 2.29. The number of carboxylic acid groups (broad SMARTS) is 3. The summed E-state index contributed by atoms with van der Waals surface area (Å²) < 4.78 is 1.13. The van der Waals surface area contributed by atoms with E-state index in [1.807, 2.05) is 78.9 Å². The van der Waals surface area contributed by atoms with E-state index in [-0.39, 0.29) is 88.2 Å². The van der Waals surface area contributed by atoms with Gasteiger partial charge in [0.15, 0.2) is 5.96 Å². The van der Waals surface area contributed by atoms with Crippen LogP contribution in [0.4, 0.5) is 10.5 Å². The number of nitrogens with two attached hydrogens (primary N) is 1. The van der Waals surface area contributed by atoms with Crippen LogP contribution >= 0.6 is 22.6 Å². The average molecular weight is 1450 g/mol. The number of aryl methyl sites for hydroxylation is 1. The van der Waals surface area contributed by atoms with Crippen molar-refractivity contribution in [3.05, 3.63) is 129 Å². The van der Waals surface area contributed by atoms with Crippen molar-refractivity contribution < 1.29 is 63.6 Å². The number of halogens is 1. The lowest BCUT2D eigenvalue weighted by Gasteiger charge is -2.33. The Morgan fingerprint density at radius 1 is 0.542 bits per heavy atom. The van der Waals surface area contributed by atoms with Gasteiger partial charge in [0.05, 0.1) is 31.5 Å². The highest BCUT2D eigenvalue weighted by atomic mass is 127. The Kier molecular flexibility index (Phi) is 36.1. The summed E-state index contributed by atoms with van der Waals surface area (Å²) in [5, 5.41) is 65.5. The second kappa shape index (κ2) is 44.3. The number of phenols is 1.